The summed E-state index contributed by atoms with van der Waals surface area (Å²) in [6, 6.07) is 4.54. The zero-order valence-corrected chi connectivity index (χ0v) is 10.3. The number of hydrogen-bond donors (Lipinski definition) is 2. The predicted octanol–water partition coefficient (Wildman–Crippen LogP) is 1.98. The fourth-order valence-corrected chi connectivity index (χ4v) is 1.70. The zero-order chi connectivity index (χ0) is 12.1. The van der Waals surface area contributed by atoms with Gasteiger partial charge in [0.2, 0.25) is 0 Å². The van der Waals surface area contributed by atoms with Gasteiger partial charge >= 0.3 is 0 Å². The van der Waals surface area contributed by atoms with Gasteiger partial charge in [0.1, 0.15) is 5.82 Å². The van der Waals surface area contributed by atoms with Crippen LogP contribution in [0, 0.1) is 5.82 Å². The van der Waals surface area contributed by atoms with Crippen molar-refractivity contribution < 1.29 is 8.60 Å². The highest BCUT2D eigenvalue weighted by Crippen LogP contribution is 2.16. The van der Waals surface area contributed by atoms with Crippen molar-refractivity contribution in [3.05, 3.63) is 24.0 Å². The first kappa shape index (κ1) is 13.0. The van der Waals surface area contributed by atoms with Crippen molar-refractivity contribution in [2.75, 3.05) is 23.9 Å². The number of benzene rings is 1. The predicted molar refractivity (Wildman–Crippen MR) is 67.4 cm³/mol. The zero-order valence-electron chi connectivity index (χ0n) is 9.50. The maximum Gasteiger partial charge on any atom is 0.148 e. The molecule has 0 saturated carbocycles. The summed E-state index contributed by atoms with van der Waals surface area (Å²) < 4.78 is 24.4. The van der Waals surface area contributed by atoms with Crippen LogP contribution in [-0.2, 0) is 10.8 Å². The number of nitrogens with two attached hydrogens (primary N) is 1. The van der Waals surface area contributed by atoms with E-state index in [9.17, 15) is 8.60 Å². The van der Waals surface area contributed by atoms with Crippen molar-refractivity contribution in [2.24, 2.45) is 0 Å². The smallest absolute Gasteiger partial charge is 0.148 e. The largest absolute Gasteiger partial charge is 0.399 e. The topological polar surface area (TPSA) is 55.1 Å². The van der Waals surface area contributed by atoms with Crippen molar-refractivity contribution in [3.8, 4) is 0 Å². The summed E-state index contributed by atoms with van der Waals surface area (Å²) in [4.78, 5) is 0. The molecule has 5 heteroatoms. The van der Waals surface area contributed by atoms with Gasteiger partial charge in [-0.2, -0.15) is 0 Å². The Morgan fingerprint density at radius 1 is 1.56 bits per heavy atom. The summed E-state index contributed by atoms with van der Waals surface area (Å²) in [5.41, 5.74) is 6.28. The number of anilines is 2. The Morgan fingerprint density at radius 2 is 2.25 bits per heavy atom. The SMILES string of the molecule is CC(CCNc1ccc(N)cc1F)S(C)=O. The first-order valence-electron chi connectivity index (χ1n) is 5.12. The Hall–Kier alpha value is -1.10. The molecule has 0 aromatic heterocycles. The minimum atomic E-state index is -0.831. The molecule has 3 nitrogen and oxygen atoms in total. The molecule has 0 heterocycles. The van der Waals surface area contributed by atoms with E-state index in [0.29, 0.717) is 17.9 Å². The van der Waals surface area contributed by atoms with Gasteiger partial charge < -0.3 is 11.1 Å². The van der Waals surface area contributed by atoms with Gasteiger partial charge in [-0.1, -0.05) is 6.92 Å². The second-order valence-electron chi connectivity index (χ2n) is 3.76. The third-order valence-corrected chi connectivity index (χ3v) is 3.80. The number of nitrogens with one attached hydrogen (secondary N) is 1. The number of halogens is 1. The molecule has 90 valence electrons. The summed E-state index contributed by atoms with van der Waals surface area (Å²) in [5.74, 6) is -0.356. The lowest BCUT2D eigenvalue weighted by molar-refractivity contribution is 0.630. The van der Waals surface area contributed by atoms with E-state index < -0.39 is 10.8 Å². The van der Waals surface area contributed by atoms with E-state index >= 15 is 0 Å². The van der Waals surface area contributed by atoms with E-state index in [-0.39, 0.29) is 11.1 Å². The van der Waals surface area contributed by atoms with Crippen LogP contribution < -0.4 is 11.1 Å². The minimum Gasteiger partial charge on any atom is -0.399 e. The summed E-state index contributed by atoms with van der Waals surface area (Å²) in [6.07, 6.45) is 2.42. The fourth-order valence-electron chi connectivity index (χ4n) is 1.25. The van der Waals surface area contributed by atoms with Gasteiger partial charge in [0.05, 0.1) is 5.69 Å². The molecular weight excluding hydrogens is 227 g/mol. The molecule has 0 radical (unpaired) electrons. The first-order chi connectivity index (χ1) is 7.50. The van der Waals surface area contributed by atoms with Gasteiger partial charge in [-0.05, 0) is 24.6 Å². The van der Waals surface area contributed by atoms with Crippen LogP contribution in [0.4, 0.5) is 15.8 Å². The van der Waals surface area contributed by atoms with E-state index in [1.807, 2.05) is 6.92 Å². The Bertz CT molecular complexity index is 384. The second kappa shape index (κ2) is 5.84. The van der Waals surface area contributed by atoms with Crippen molar-refractivity contribution in [3.63, 3.8) is 0 Å². The fraction of sp³-hybridized carbons (Fsp3) is 0.455. The molecule has 0 aliphatic heterocycles. The third-order valence-electron chi connectivity index (χ3n) is 2.43. The van der Waals surface area contributed by atoms with Gasteiger partial charge in [0.25, 0.3) is 0 Å². The standard InChI is InChI=1S/C11H17FN2OS/c1-8(16(2)15)5-6-14-11-4-3-9(13)7-10(11)12/h3-4,7-8,14H,5-6,13H2,1-2H3. The molecule has 0 saturated heterocycles. The maximum absolute atomic E-state index is 13.3. The molecule has 0 spiro atoms. The molecule has 0 aliphatic carbocycles. The van der Waals surface area contributed by atoms with Crippen LogP contribution in [0.15, 0.2) is 18.2 Å². The van der Waals surface area contributed by atoms with Gasteiger partial charge in [0, 0.05) is 34.5 Å². The molecular formula is C11H17FN2OS. The van der Waals surface area contributed by atoms with Crippen molar-refractivity contribution in [1.82, 2.24) is 0 Å². The van der Waals surface area contributed by atoms with E-state index in [1.165, 1.54) is 6.07 Å². The number of rotatable bonds is 5. The monoisotopic (exact) mass is 244 g/mol. The Labute approximate surface area is 97.7 Å². The van der Waals surface area contributed by atoms with Crippen LogP contribution in [0.25, 0.3) is 0 Å². The third kappa shape index (κ3) is 3.81. The van der Waals surface area contributed by atoms with Crippen LogP contribution in [0.5, 0.6) is 0 Å². The lowest BCUT2D eigenvalue weighted by Crippen LogP contribution is -2.15. The van der Waals surface area contributed by atoms with Gasteiger partial charge in [-0.25, -0.2) is 4.39 Å². The van der Waals surface area contributed by atoms with Crippen LogP contribution >= 0.6 is 0 Å². The Kier molecular flexibility index (Phi) is 4.73. The highest BCUT2D eigenvalue weighted by Gasteiger charge is 2.06. The Balaban J connectivity index is 2.46. The molecule has 1 aromatic rings. The van der Waals surface area contributed by atoms with Gasteiger partial charge in [-0.3, -0.25) is 4.21 Å². The number of nitrogen functional groups attached to an aromatic ring is 1. The molecule has 3 N–H and O–H groups in total. The Morgan fingerprint density at radius 3 is 2.81 bits per heavy atom. The first-order valence-corrected chi connectivity index (χ1v) is 6.74. The van der Waals surface area contributed by atoms with Crippen LogP contribution in [-0.4, -0.2) is 22.3 Å². The summed E-state index contributed by atoms with van der Waals surface area (Å²) in [5, 5.41) is 3.08. The molecule has 16 heavy (non-hydrogen) atoms. The molecule has 0 fully saturated rings. The summed E-state index contributed by atoms with van der Waals surface area (Å²) in [7, 11) is -0.831. The van der Waals surface area contributed by atoms with Crippen molar-refractivity contribution in [2.45, 2.75) is 18.6 Å². The summed E-state index contributed by atoms with van der Waals surface area (Å²) in [6.45, 7) is 2.51. The van der Waals surface area contributed by atoms with E-state index in [4.69, 9.17) is 5.73 Å². The van der Waals surface area contributed by atoms with Crippen molar-refractivity contribution in [1.29, 1.82) is 0 Å². The maximum atomic E-state index is 13.3. The van der Waals surface area contributed by atoms with Crippen molar-refractivity contribution >= 4 is 22.2 Å². The molecule has 0 bridgehead atoms. The lowest BCUT2D eigenvalue weighted by atomic mass is 10.2. The second-order valence-corrected chi connectivity index (χ2v) is 5.57. The highest BCUT2D eigenvalue weighted by atomic mass is 32.2. The van der Waals surface area contributed by atoms with Gasteiger partial charge in [0.15, 0.2) is 0 Å². The van der Waals surface area contributed by atoms with E-state index in [1.54, 1.807) is 18.4 Å². The normalized spacial score (nSPS) is 14.4. The molecule has 2 unspecified atom stereocenters. The van der Waals surface area contributed by atoms with E-state index in [0.717, 1.165) is 6.42 Å². The van der Waals surface area contributed by atoms with E-state index in [2.05, 4.69) is 5.32 Å². The van der Waals surface area contributed by atoms with Gasteiger partial charge in [-0.15, -0.1) is 0 Å². The lowest BCUT2D eigenvalue weighted by Gasteiger charge is -2.11. The quantitative estimate of drug-likeness (QED) is 0.779. The summed E-state index contributed by atoms with van der Waals surface area (Å²) >= 11 is 0. The average molecular weight is 244 g/mol. The molecule has 2 atom stereocenters. The molecule has 0 amide bonds. The van der Waals surface area contributed by atoms with Crippen LogP contribution in [0.3, 0.4) is 0 Å². The van der Waals surface area contributed by atoms with Crippen LogP contribution in [0.2, 0.25) is 0 Å². The molecule has 1 rings (SSSR count). The molecule has 0 aliphatic rings. The molecule has 1 aromatic carbocycles. The number of hydrogen-bond acceptors (Lipinski definition) is 3. The highest BCUT2D eigenvalue weighted by molar-refractivity contribution is 7.84. The minimum absolute atomic E-state index is 0.115. The van der Waals surface area contributed by atoms with Crippen LogP contribution in [0.1, 0.15) is 13.3 Å². The average Bonchev–Trinajstić information content (AvgIpc) is 2.20.